The van der Waals surface area contributed by atoms with Gasteiger partial charge in [-0.05, 0) is 73.4 Å². The van der Waals surface area contributed by atoms with Gasteiger partial charge in [0.2, 0.25) is 0 Å². The zero-order valence-electron chi connectivity index (χ0n) is 16.4. The van der Waals surface area contributed by atoms with Crippen LogP contribution in [-0.4, -0.2) is 28.0 Å². The molecule has 2 aromatic carbocycles. The van der Waals surface area contributed by atoms with Gasteiger partial charge in [-0.2, -0.15) is 0 Å². The molecule has 0 N–H and O–H groups in total. The molecule has 0 bridgehead atoms. The molecule has 2 aromatic rings. The van der Waals surface area contributed by atoms with Gasteiger partial charge in [-0.15, -0.1) is 0 Å². The summed E-state index contributed by atoms with van der Waals surface area (Å²) >= 11 is 0. The average molecular weight is 404 g/mol. The van der Waals surface area contributed by atoms with Crippen molar-refractivity contribution in [3.8, 4) is 5.75 Å². The first-order valence-electron chi connectivity index (χ1n) is 9.44. The van der Waals surface area contributed by atoms with Crippen molar-refractivity contribution in [3.63, 3.8) is 0 Å². The van der Waals surface area contributed by atoms with E-state index in [2.05, 4.69) is 4.99 Å². The Morgan fingerprint density at radius 3 is 2.54 bits per heavy atom. The van der Waals surface area contributed by atoms with Crippen LogP contribution in [0.5, 0.6) is 5.75 Å². The quantitative estimate of drug-likeness (QED) is 0.641. The summed E-state index contributed by atoms with van der Waals surface area (Å²) in [5, 5.41) is 0. The summed E-state index contributed by atoms with van der Waals surface area (Å²) in [5.74, 6) is 0.677. The molecule has 1 aliphatic carbocycles. The lowest BCUT2D eigenvalue weighted by Crippen LogP contribution is -2.01. The van der Waals surface area contributed by atoms with Crippen LogP contribution < -0.4 is 4.74 Å². The molecule has 0 aromatic heterocycles. The van der Waals surface area contributed by atoms with Crippen molar-refractivity contribution in [2.24, 2.45) is 10.9 Å². The second-order valence-electron chi connectivity index (χ2n) is 7.48. The topological polar surface area (TPSA) is 55.7 Å². The normalized spacial score (nSPS) is 21.1. The molecule has 1 saturated carbocycles. The fourth-order valence-electron chi connectivity index (χ4n) is 3.71. The number of nitrogens with zero attached hydrogens (tertiary/aromatic N) is 1. The number of hydrogen-bond donors (Lipinski definition) is 0. The number of rotatable bonds is 6. The number of halogens is 1. The molecule has 3 atom stereocenters. The summed E-state index contributed by atoms with van der Waals surface area (Å²) < 4.78 is 41.8. The van der Waals surface area contributed by atoms with Crippen LogP contribution in [0.25, 0.3) is 0 Å². The second kappa shape index (κ2) is 8.43. The van der Waals surface area contributed by atoms with Crippen molar-refractivity contribution in [1.29, 1.82) is 0 Å². The van der Waals surface area contributed by atoms with E-state index in [4.69, 9.17) is 4.74 Å². The Morgan fingerprint density at radius 1 is 1.18 bits per heavy atom. The molecule has 1 aliphatic rings. The van der Waals surface area contributed by atoms with E-state index in [0.29, 0.717) is 16.7 Å². The lowest BCUT2D eigenvalue weighted by Gasteiger charge is -2.12. The summed E-state index contributed by atoms with van der Waals surface area (Å²) in [6, 6.07) is 12.0. The van der Waals surface area contributed by atoms with Gasteiger partial charge in [0.1, 0.15) is 0 Å². The maximum Gasteiger partial charge on any atom is 0.175 e. The lowest BCUT2D eigenvalue weighted by atomic mass is 9.96. The van der Waals surface area contributed by atoms with Gasteiger partial charge in [0, 0.05) is 12.5 Å². The molecule has 0 aliphatic heterocycles. The molecule has 0 amide bonds. The Balaban J connectivity index is 1.62. The standard InChI is InChI=1S/C22H26FNO3S/c1-15(18-8-11-21(23)22(13-18)27-2)24-14-16-4-5-19(12-16)17-6-9-20(10-7-17)28(3,25)26/h6-11,13-16,19H,4-5,12H2,1-3H3. The Bertz CT molecular complexity index is 954. The van der Waals surface area contributed by atoms with E-state index in [1.807, 2.05) is 25.3 Å². The minimum absolute atomic E-state index is 0.0670. The highest BCUT2D eigenvalue weighted by Crippen LogP contribution is 2.38. The lowest BCUT2D eigenvalue weighted by molar-refractivity contribution is 0.385. The Kier molecular flexibility index (Phi) is 6.18. The predicted molar refractivity (Wildman–Crippen MR) is 109 cm³/mol. The summed E-state index contributed by atoms with van der Waals surface area (Å²) in [5.41, 5.74) is 2.10. The fraction of sp³-hybridized carbons (Fsp3) is 0.409. The van der Waals surface area contributed by atoms with Gasteiger partial charge in [0.25, 0.3) is 0 Å². The Morgan fingerprint density at radius 2 is 1.89 bits per heavy atom. The molecule has 150 valence electrons. The monoisotopic (exact) mass is 403 g/mol. The minimum Gasteiger partial charge on any atom is -0.494 e. The smallest absolute Gasteiger partial charge is 0.175 e. The third-order valence-corrected chi connectivity index (χ3v) is 6.56. The van der Waals surface area contributed by atoms with Crippen molar-refractivity contribution >= 4 is 16.1 Å². The molecular formula is C22H26FNO3S. The third-order valence-electron chi connectivity index (χ3n) is 5.43. The second-order valence-corrected chi connectivity index (χ2v) is 9.50. The van der Waals surface area contributed by atoms with Gasteiger partial charge >= 0.3 is 0 Å². The molecule has 1 fully saturated rings. The van der Waals surface area contributed by atoms with Crippen molar-refractivity contribution in [2.45, 2.75) is 43.0 Å². The number of sulfone groups is 1. The van der Waals surface area contributed by atoms with E-state index in [1.54, 1.807) is 24.3 Å². The first-order chi connectivity index (χ1) is 13.3. The Hall–Kier alpha value is -2.21. The molecule has 0 saturated heterocycles. The first-order valence-corrected chi connectivity index (χ1v) is 11.3. The van der Waals surface area contributed by atoms with Gasteiger partial charge in [-0.25, -0.2) is 12.8 Å². The van der Waals surface area contributed by atoms with Crippen LogP contribution in [0.15, 0.2) is 52.4 Å². The van der Waals surface area contributed by atoms with Crippen molar-refractivity contribution < 1.29 is 17.5 Å². The zero-order valence-corrected chi connectivity index (χ0v) is 17.2. The maximum absolute atomic E-state index is 13.6. The first kappa shape index (κ1) is 20.5. The number of hydrogen-bond acceptors (Lipinski definition) is 4. The number of ether oxygens (including phenoxy) is 1. The maximum atomic E-state index is 13.6. The van der Waals surface area contributed by atoms with Crippen LogP contribution in [0.2, 0.25) is 0 Å². The van der Waals surface area contributed by atoms with Crippen LogP contribution in [0, 0.1) is 11.7 Å². The van der Waals surface area contributed by atoms with Gasteiger partial charge in [-0.1, -0.05) is 18.2 Å². The van der Waals surface area contributed by atoms with Crippen LogP contribution in [-0.2, 0) is 9.84 Å². The largest absolute Gasteiger partial charge is 0.494 e. The number of aliphatic imine (C=N–C) groups is 1. The zero-order chi connectivity index (χ0) is 20.3. The molecule has 28 heavy (non-hydrogen) atoms. The van der Waals surface area contributed by atoms with E-state index in [1.165, 1.54) is 25.0 Å². The van der Waals surface area contributed by atoms with Gasteiger partial charge in [0.15, 0.2) is 21.4 Å². The molecule has 3 rings (SSSR count). The predicted octanol–water partition coefficient (Wildman–Crippen LogP) is 4.95. The van der Waals surface area contributed by atoms with E-state index in [9.17, 15) is 12.8 Å². The van der Waals surface area contributed by atoms with Crippen LogP contribution in [0.4, 0.5) is 4.39 Å². The summed E-state index contributed by atoms with van der Waals surface area (Å²) in [4.78, 5) is 5.03. The molecule has 0 spiro atoms. The SMILES string of the molecule is COc1cc(C(C)N=CC2CCC(c3ccc(S(C)(=O)=O)cc3)C2)ccc1F. The molecule has 6 heteroatoms. The van der Waals surface area contributed by atoms with E-state index in [-0.39, 0.29) is 17.6 Å². The van der Waals surface area contributed by atoms with Crippen molar-refractivity contribution in [3.05, 3.63) is 59.4 Å². The van der Waals surface area contributed by atoms with Crippen molar-refractivity contribution in [2.75, 3.05) is 13.4 Å². The van der Waals surface area contributed by atoms with E-state index >= 15 is 0 Å². The van der Waals surface area contributed by atoms with Gasteiger partial charge in [-0.3, -0.25) is 4.99 Å². The average Bonchev–Trinajstić information content (AvgIpc) is 3.15. The number of methoxy groups -OCH3 is 1. The number of benzene rings is 2. The molecule has 4 nitrogen and oxygen atoms in total. The Labute approximate surface area is 166 Å². The summed E-state index contributed by atoms with van der Waals surface area (Å²) in [7, 11) is -1.70. The van der Waals surface area contributed by atoms with Crippen LogP contribution in [0.1, 0.15) is 49.3 Å². The van der Waals surface area contributed by atoms with Crippen LogP contribution >= 0.6 is 0 Å². The molecule has 0 radical (unpaired) electrons. The highest BCUT2D eigenvalue weighted by molar-refractivity contribution is 7.90. The van der Waals surface area contributed by atoms with Crippen LogP contribution in [0.3, 0.4) is 0 Å². The van der Waals surface area contributed by atoms with E-state index in [0.717, 1.165) is 24.8 Å². The molecule has 3 unspecified atom stereocenters. The molecular weight excluding hydrogens is 377 g/mol. The minimum atomic E-state index is -3.16. The third kappa shape index (κ3) is 4.79. The van der Waals surface area contributed by atoms with E-state index < -0.39 is 9.84 Å². The van der Waals surface area contributed by atoms with Crippen molar-refractivity contribution in [1.82, 2.24) is 0 Å². The van der Waals surface area contributed by atoms with Gasteiger partial charge in [0.05, 0.1) is 18.0 Å². The fourth-order valence-corrected chi connectivity index (χ4v) is 4.35. The summed E-state index contributed by atoms with van der Waals surface area (Å²) in [6.45, 7) is 1.99. The van der Waals surface area contributed by atoms with Gasteiger partial charge < -0.3 is 4.74 Å². The molecule has 0 heterocycles. The highest BCUT2D eigenvalue weighted by Gasteiger charge is 2.25. The highest BCUT2D eigenvalue weighted by atomic mass is 32.2. The summed E-state index contributed by atoms with van der Waals surface area (Å²) in [6.07, 6.45) is 6.36.